The van der Waals surface area contributed by atoms with Gasteiger partial charge < -0.3 is 19.5 Å². The fourth-order valence-corrected chi connectivity index (χ4v) is 2.57. The molecular formula is C15H20ClN3O3S. The third-order valence-corrected chi connectivity index (χ3v) is 3.49. The van der Waals surface area contributed by atoms with Crippen molar-refractivity contribution in [1.29, 1.82) is 0 Å². The van der Waals surface area contributed by atoms with Crippen molar-refractivity contribution in [3.05, 3.63) is 22.7 Å². The van der Waals surface area contributed by atoms with Gasteiger partial charge in [-0.25, -0.2) is 0 Å². The van der Waals surface area contributed by atoms with Crippen molar-refractivity contribution in [3.8, 4) is 11.5 Å². The van der Waals surface area contributed by atoms with Crippen LogP contribution in [-0.4, -0.2) is 44.3 Å². The Balaban J connectivity index is 1.96. The highest BCUT2D eigenvalue weighted by atomic mass is 35.5. The highest BCUT2D eigenvalue weighted by Gasteiger charge is 2.15. The van der Waals surface area contributed by atoms with Gasteiger partial charge in [0, 0.05) is 19.6 Å². The van der Waals surface area contributed by atoms with Crippen molar-refractivity contribution in [2.45, 2.75) is 19.4 Å². The van der Waals surface area contributed by atoms with Crippen molar-refractivity contribution in [1.82, 2.24) is 10.7 Å². The summed E-state index contributed by atoms with van der Waals surface area (Å²) in [5, 5.41) is 8.06. The Morgan fingerprint density at radius 3 is 3.04 bits per heavy atom. The van der Waals surface area contributed by atoms with E-state index in [0.717, 1.165) is 12.0 Å². The molecular weight excluding hydrogens is 338 g/mol. The smallest absolute Gasteiger partial charge is 0.187 e. The van der Waals surface area contributed by atoms with Gasteiger partial charge >= 0.3 is 0 Å². The quantitative estimate of drug-likeness (QED) is 0.479. The van der Waals surface area contributed by atoms with Crippen molar-refractivity contribution >= 4 is 35.1 Å². The van der Waals surface area contributed by atoms with Gasteiger partial charge in [-0.1, -0.05) is 11.6 Å². The number of fused-ring (bicyclic) bond motifs is 1. The summed E-state index contributed by atoms with van der Waals surface area (Å²) in [4.78, 5) is 0. The van der Waals surface area contributed by atoms with Crippen LogP contribution in [0, 0.1) is 0 Å². The summed E-state index contributed by atoms with van der Waals surface area (Å²) in [6.07, 6.45) is 2.45. The second-order valence-corrected chi connectivity index (χ2v) is 5.90. The Bertz CT molecular complexity index is 583. The highest BCUT2D eigenvalue weighted by Crippen LogP contribution is 2.37. The van der Waals surface area contributed by atoms with Crippen molar-refractivity contribution < 1.29 is 14.2 Å². The average molecular weight is 358 g/mol. The SMILES string of the molecule is COC[C@@H](C)NC(=S)N/N=C\c1cc(Cl)c2c(c1)OCCCO2. The molecule has 8 heteroatoms. The molecule has 1 aliphatic heterocycles. The number of methoxy groups -OCH3 is 1. The minimum atomic E-state index is 0.0997. The van der Waals surface area contributed by atoms with Gasteiger partial charge in [-0.2, -0.15) is 5.10 Å². The van der Waals surface area contributed by atoms with E-state index in [4.69, 9.17) is 38.0 Å². The number of hydrogen-bond donors (Lipinski definition) is 2. The van der Waals surface area contributed by atoms with Crippen molar-refractivity contribution in [3.63, 3.8) is 0 Å². The summed E-state index contributed by atoms with van der Waals surface area (Å²) >= 11 is 11.4. The van der Waals surface area contributed by atoms with Crippen molar-refractivity contribution in [2.75, 3.05) is 26.9 Å². The van der Waals surface area contributed by atoms with E-state index in [1.54, 1.807) is 19.4 Å². The fraction of sp³-hybridized carbons (Fsp3) is 0.467. The molecule has 2 N–H and O–H groups in total. The molecule has 2 rings (SSSR count). The van der Waals surface area contributed by atoms with Gasteiger partial charge in [0.05, 0.1) is 31.1 Å². The van der Waals surface area contributed by atoms with Crippen LogP contribution in [0.2, 0.25) is 5.02 Å². The van der Waals surface area contributed by atoms with Crippen LogP contribution < -0.4 is 20.2 Å². The molecule has 0 saturated heterocycles. The summed E-state index contributed by atoms with van der Waals surface area (Å²) in [5.74, 6) is 1.21. The van der Waals surface area contributed by atoms with E-state index < -0.39 is 0 Å². The lowest BCUT2D eigenvalue weighted by molar-refractivity contribution is 0.179. The number of rotatable bonds is 5. The predicted octanol–water partition coefficient (Wildman–Crippen LogP) is 2.33. The third kappa shape index (κ3) is 5.53. The lowest BCUT2D eigenvalue weighted by Crippen LogP contribution is -2.40. The minimum absolute atomic E-state index is 0.0997. The number of nitrogens with one attached hydrogen (secondary N) is 2. The molecule has 0 saturated carbocycles. The van der Waals surface area contributed by atoms with Gasteiger partial charge in [0.2, 0.25) is 0 Å². The van der Waals surface area contributed by atoms with Gasteiger partial charge in [-0.3, -0.25) is 5.43 Å². The molecule has 6 nitrogen and oxygen atoms in total. The number of benzene rings is 1. The van der Waals surface area contributed by atoms with Crippen LogP contribution in [0.25, 0.3) is 0 Å². The number of hydrazone groups is 1. The maximum absolute atomic E-state index is 6.23. The average Bonchev–Trinajstić information content (AvgIpc) is 2.73. The zero-order chi connectivity index (χ0) is 16.7. The Kier molecular flexibility index (Phi) is 6.88. The maximum Gasteiger partial charge on any atom is 0.187 e. The Labute approximate surface area is 146 Å². The topological polar surface area (TPSA) is 64.1 Å². The van der Waals surface area contributed by atoms with Crippen LogP contribution in [0.5, 0.6) is 11.5 Å². The molecule has 0 spiro atoms. The number of hydrogen-bond acceptors (Lipinski definition) is 5. The number of nitrogens with zero attached hydrogens (tertiary/aromatic N) is 1. The first-order valence-electron chi connectivity index (χ1n) is 7.28. The van der Waals surface area contributed by atoms with Gasteiger partial charge in [-0.15, -0.1) is 0 Å². The Morgan fingerprint density at radius 1 is 1.48 bits per heavy atom. The summed E-state index contributed by atoms with van der Waals surface area (Å²) < 4.78 is 16.2. The van der Waals surface area contributed by atoms with Gasteiger partial charge in [0.1, 0.15) is 0 Å². The molecule has 1 heterocycles. The Morgan fingerprint density at radius 2 is 2.26 bits per heavy atom. The molecule has 0 unspecified atom stereocenters. The molecule has 0 aromatic heterocycles. The summed E-state index contributed by atoms with van der Waals surface area (Å²) in [7, 11) is 1.64. The number of halogens is 1. The second-order valence-electron chi connectivity index (χ2n) is 5.08. The number of thiocarbonyl (C=S) groups is 1. The molecule has 0 fully saturated rings. The van der Waals surface area contributed by atoms with E-state index in [1.165, 1.54) is 0 Å². The predicted molar refractivity (Wildman–Crippen MR) is 94.9 cm³/mol. The molecule has 0 bridgehead atoms. The third-order valence-electron chi connectivity index (χ3n) is 3.00. The van der Waals surface area contributed by atoms with Crippen LogP contribution in [-0.2, 0) is 4.74 Å². The first kappa shape index (κ1) is 17.8. The Hall–Kier alpha value is -1.57. The van der Waals surface area contributed by atoms with Crippen LogP contribution in [0.15, 0.2) is 17.2 Å². The lowest BCUT2D eigenvalue weighted by atomic mass is 10.2. The second kappa shape index (κ2) is 8.90. The minimum Gasteiger partial charge on any atom is -0.489 e. The number of ether oxygens (including phenoxy) is 3. The van der Waals surface area contributed by atoms with Crippen LogP contribution in [0.4, 0.5) is 0 Å². The first-order chi connectivity index (χ1) is 11.1. The van der Waals surface area contributed by atoms with Crippen LogP contribution in [0.3, 0.4) is 0 Å². The van der Waals surface area contributed by atoms with E-state index in [2.05, 4.69) is 15.8 Å². The van der Waals surface area contributed by atoms with Gasteiger partial charge in [0.15, 0.2) is 16.6 Å². The van der Waals surface area contributed by atoms with Crippen molar-refractivity contribution in [2.24, 2.45) is 5.10 Å². The fourth-order valence-electron chi connectivity index (χ4n) is 2.04. The highest BCUT2D eigenvalue weighted by molar-refractivity contribution is 7.80. The molecule has 0 aliphatic carbocycles. The normalized spacial score (nSPS) is 15.1. The van der Waals surface area contributed by atoms with E-state index in [0.29, 0.717) is 41.5 Å². The van der Waals surface area contributed by atoms with Gasteiger partial charge in [0.25, 0.3) is 0 Å². The van der Waals surface area contributed by atoms with Crippen LogP contribution >= 0.6 is 23.8 Å². The summed E-state index contributed by atoms with van der Waals surface area (Å²) in [6, 6.07) is 3.70. The standard InChI is InChI=1S/C15H20ClN3O3S/c1-10(9-20-2)18-15(23)19-17-8-11-6-12(16)14-13(7-11)21-4-3-5-22-14/h6-8,10H,3-5,9H2,1-2H3,(H2,18,19,23)/b17-8-/t10-/m1/s1. The van der Waals surface area contributed by atoms with E-state index in [-0.39, 0.29) is 6.04 Å². The molecule has 0 radical (unpaired) electrons. The largest absolute Gasteiger partial charge is 0.489 e. The summed E-state index contributed by atoms with van der Waals surface area (Å²) in [6.45, 7) is 3.73. The molecule has 1 aliphatic rings. The van der Waals surface area contributed by atoms with E-state index in [9.17, 15) is 0 Å². The monoisotopic (exact) mass is 357 g/mol. The van der Waals surface area contributed by atoms with Crippen LogP contribution in [0.1, 0.15) is 18.9 Å². The van der Waals surface area contributed by atoms with Gasteiger partial charge in [-0.05, 0) is 36.8 Å². The summed E-state index contributed by atoms with van der Waals surface area (Å²) in [5.41, 5.74) is 3.54. The van der Waals surface area contributed by atoms with E-state index in [1.807, 2.05) is 13.0 Å². The molecule has 23 heavy (non-hydrogen) atoms. The molecule has 126 valence electrons. The maximum atomic E-state index is 6.23. The molecule has 1 aromatic rings. The lowest BCUT2D eigenvalue weighted by Gasteiger charge is -2.14. The first-order valence-corrected chi connectivity index (χ1v) is 8.06. The molecule has 1 aromatic carbocycles. The van der Waals surface area contributed by atoms with E-state index >= 15 is 0 Å². The zero-order valence-corrected chi connectivity index (χ0v) is 14.7. The molecule has 0 amide bonds. The molecule has 1 atom stereocenters. The zero-order valence-electron chi connectivity index (χ0n) is 13.1.